The van der Waals surface area contributed by atoms with Crippen LogP contribution >= 0.6 is 0 Å². The van der Waals surface area contributed by atoms with Crippen molar-refractivity contribution >= 4 is 33.4 Å². The summed E-state index contributed by atoms with van der Waals surface area (Å²) in [5.41, 5.74) is 8.44. The first-order valence-corrected chi connectivity index (χ1v) is 18.3. The first kappa shape index (κ1) is 38.2. The molecule has 4 heterocycles. The molecular formula is C43H46N8O4. The zero-order valence-corrected chi connectivity index (χ0v) is 31.9. The van der Waals surface area contributed by atoms with E-state index in [2.05, 4.69) is 107 Å². The Morgan fingerprint density at radius 3 is 1.60 bits per heavy atom. The van der Waals surface area contributed by atoms with Gasteiger partial charge in [-0.2, -0.15) is 0 Å². The van der Waals surface area contributed by atoms with Crippen molar-refractivity contribution in [1.82, 2.24) is 29.4 Å². The second-order valence-electron chi connectivity index (χ2n) is 14.0. The Morgan fingerprint density at radius 2 is 1.09 bits per heavy atom. The van der Waals surface area contributed by atoms with E-state index in [4.69, 9.17) is 4.84 Å². The Morgan fingerprint density at radius 1 is 0.618 bits per heavy atom. The Balaban J connectivity index is 0.000000193. The van der Waals surface area contributed by atoms with E-state index in [9.17, 15) is 14.8 Å². The molecule has 0 aliphatic carbocycles. The van der Waals surface area contributed by atoms with E-state index in [1.807, 2.05) is 44.2 Å². The molecule has 3 N–H and O–H groups in total. The minimum atomic E-state index is -0.529. The quantitative estimate of drug-likeness (QED) is 0.114. The van der Waals surface area contributed by atoms with Gasteiger partial charge >= 0.3 is 0 Å². The van der Waals surface area contributed by atoms with E-state index in [1.54, 1.807) is 6.07 Å². The lowest BCUT2D eigenvalue weighted by atomic mass is 10.0. The largest absolute Gasteiger partial charge is 0.423 e. The van der Waals surface area contributed by atoms with Gasteiger partial charge in [-0.1, -0.05) is 107 Å². The monoisotopic (exact) mass is 738 g/mol. The molecule has 0 fully saturated rings. The number of fused-ring (bicyclic) bond motifs is 2. The van der Waals surface area contributed by atoms with E-state index in [-0.39, 0.29) is 17.8 Å². The molecule has 7 aromatic rings. The maximum atomic E-state index is 12.9. The molecule has 55 heavy (non-hydrogen) atoms. The summed E-state index contributed by atoms with van der Waals surface area (Å²) in [6.45, 7) is 13.8. The minimum Gasteiger partial charge on any atom is -0.423 e. The number of anilines is 2. The predicted octanol–water partition coefficient (Wildman–Crippen LogP) is 7.54. The highest BCUT2D eigenvalue weighted by molar-refractivity contribution is 5.91. The van der Waals surface area contributed by atoms with Crippen molar-refractivity contribution in [2.75, 3.05) is 10.6 Å². The van der Waals surface area contributed by atoms with Crippen LogP contribution in [0.15, 0.2) is 113 Å². The zero-order chi connectivity index (χ0) is 39.1. The van der Waals surface area contributed by atoms with Crippen LogP contribution in [0, 0.1) is 13.8 Å². The number of aromatic nitrogens is 6. The summed E-state index contributed by atoms with van der Waals surface area (Å²) in [5.74, 6) is 0.988. The molecule has 4 aromatic heterocycles. The van der Waals surface area contributed by atoms with E-state index in [0.717, 1.165) is 27.8 Å². The molecule has 0 bridgehead atoms. The number of pyridine rings is 2. The van der Waals surface area contributed by atoms with Gasteiger partial charge in [-0.25, -0.2) is 19.9 Å². The molecule has 0 aliphatic rings. The van der Waals surface area contributed by atoms with Crippen LogP contribution in [0.1, 0.15) is 78.7 Å². The third-order valence-electron chi connectivity index (χ3n) is 9.37. The van der Waals surface area contributed by atoms with Crippen molar-refractivity contribution in [3.8, 4) is 0 Å². The molecule has 3 aromatic carbocycles. The summed E-state index contributed by atoms with van der Waals surface area (Å²) in [7, 11) is 0. The van der Waals surface area contributed by atoms with E-state index >= 15 is 0 Å². The van der Waals surface area contributed by atoms with E-state index in [1.165, 1.54) is 34.6 Å². The second-order valence-corrected chi connectivity index (χ2v) is 14.0. The standard InChI is InChI=1S/C25H26N4O2.C18H20N4O2/c1-17(2)21-11-9-19(10-12-21)14-26-22-13-23(30)29(25-24(22)18(3)27-16-28-25)31-15-20-7-5-4-6-8-20;1-11(2)14-6-4-13(5-7-14)9-19-15-8-16(23)22(24)18-17(15)12(3)20-10-21-18/h4-13,16-17,26H,14-15H2,1-3H3;4-8,10-11,19,24H,9H2,1-3H3. The lowest BCUT2D eigenvalue weighted by Crippen LogP contribution is -2.28. The zero-order valence-electron chi connectivity index (χ0n) is 31.9. The fraction of sp³-hybridized carbons (Fsp3) is 0.256. The number of hydrogen-bond acceptors (Lipinski definition) is 10. The molecule has 0 spiro atoms. The fourth-order valence-corrected chi connectivity index (χ4v) is 6.14. The van der Waals surface area contributed by atoms with Gasteiger partial charge in [0.15, 0.2) is 11.3 Å². The maximum absolute atomic E-state index is 12.9. The number of benzene rings is 3. The first-order chi connectivity index (χ1) is 26.5. The van der Waals surface area contributed by atoms with Crippen LogP contribution in [0.2, 0.25) is 0 Å². The van der Waals surface area contributed by atoms with Gasteiger partial charge in [-0.15, -0.1) is 9.46 Å². The second kappa shape index (κ2) is 17.1. The number of hydrogen-bond donors (Lipinski definition) is 3. The molecule has 12 heteroatoms. The third-order valence-corrected chi connectivity index (χ3v) is 9.37. The van der Waals surface area contributed by atoms with Crippen molar-refractivity contribution in [3.05, 3.63) is 164 Å². The van der Waals surface area contributed by atoms with Crippen molar-refractivity contribution in [2.24, 2.45) is 0 Å². The van der Waals surface area contributed by atoms with Crippen LogP contribution in [-0.4, -0.2) is 34.6 Å². The topological polar surface area (TPSA) is 149 Å². The highest BCUT2D eigenvalue weighted by Crippen LogP contribution is 2.25. The summed E-state index contributed by atoms with van der Waals surface area (Å²) in [5, 5.41) is 17.9. The first-order valence-electron chi connectivity index (χ1n) is 18.3. The highest BCUT2D eigenvalue weighted by Gasteiger charge is 2.15. The highest BCUT2D eigenvalue weighted by atomic mass is 16.7. The maximum Gasteiger partial charge on any atom is 0.287 e. The van der Waals surface area contributed by atoms with Crippen LogP contribution in [0.3, 0.4) is 0 Å². The van der Waals surface area contributed by atoms with Gasteiger partial charge in [0, 0.05) is 25.2 Å². The normalized spacial score (nSPS) is 11.1. The summed E-state index contributed by atoms with van der Waals surface area (Å²) >= 11 is 0. The van der Waals surface area contributed by atoms with Gasteiger partial charge < -0.3 is 20.7 Å². The molecule has 12 nitrogen and oxygen atoms in total. The molecule has 0 radical (unpaired) electrons. The van der Waals surface area contributed by atoms with Crippen LogP contribution in [0.4, 0.5) is 11.4 Å². The number of nitrogens with one attached hydrogen (secondary N) is 2. The van der Waals surface area contributed by atoms with E-state index in [0.29, 0.717) is 57.8 Å². The molecule has 0 amide bonds. The molecule has 0 saturated carbocycles. The SMILES string of the molecule is Cc1ncnc2c1c(NCc1ccc(C(C)C)cc1)cc(=O)n2O.Cc1ncnc2c1c(NCc1ccc(C(C)C)cc1)cc(=O)n2OCc1ccccc1. The Labute approximate surface area is 319 Å². The number of rotatable bonds is 11. The summed E-state index contributed by atoms with van der Waals surface area (Å²) < 4.78 is 1.80. The van der Waals surface area contributed by atoms with Gasteiger partial charge in [0.2, 0.25) is 0 Å². The number of aryl methyl sites for hydroxylation is 2. The Kier molecular flexibility index (Phi) is 11.8. The third kappa shape index (κ3) is 8.98. The lowest BCUT2D eigenvalue weighted by Gasteiger charge is -2.16. The van der Waals surface area contributed by atoms with E-state index < -0.39 is 5.56 Å². The number of nitrogens with zero attached hydrogens (tertiary/aromatic N) is 6. The average Bonchev–Trinajstić information content (AvgIpc) is 3.18. The van der Waals surface area contributed by atoms with Crippen molar-refractivity contribution in [2.45, 2.75) is 73.1 Å². The Bertz CT molecular complexity index is 2510. The van der Waals surface area contributed by atoms with Crippen LogP contribution in [0.25, 0.3) is 22.1 Å². The summed E-state index contributed by atoms with van der Waals surface area (Å²) in [4.78, 5) is 47.4. The van der Waals surface area contributed by atoms with Crippen molar-refractivity contribution in [1.29, 1.82) is 0 Å². The van der Waals surface area contributed by atoms with Gasteiger partial charge in [0.25, 0.3) is 11.1 Å². The van der Waals surface area contributed by atoms with Gasteiger partial charge in [0.1, 0.15) is 19.3 Å². The molecule has 0 atom stereocenters. The van der Waals surface area contributed by atoms with Gasteiger partial charge in [0.05, 0.1) is 33.5 Å². The lowest BCUT2D eigenvalue weighted by molar-refractivity contribution is 0.0979. The Hall–Kier alpha value is -6.56. The molecular weight excluding hydrogens is 693 g/mol. The van der Waals surface area contributed by atoms with Crippen LogP contribution in [-0.2, 0) is 19.7 Å². The predicted molar refractivity (Wildman–Crippen MR) is 217 cm³/mol. The minimum absolute atomic E-state index is 0.202. The summed E-state index contributed by atoms with van der Waals surface area (Å²) in [6.07, 6.45) is 2.78. The van der Waals surface area contributed by atoms with Gasteiger partial charge in [-0.3, -0.25) is 9.59 Å². The summed E-state index contributed by atoms with van der Waals surface area (Å²) in [6, 6.07) is 29.5. The van der Waals surface area contributed by atoms with Crippen LogP contribution in [0.5, 0.6) is 0 Å². The molecule has 0 aliphatic heterocycles. The van der Waals surface area contributed by atoms with Crippen molar-refractivity contribution in [3.63, 3.8) is 0 Å². The smallest absolute Gasteiger partial charge is 0.287 e. The molecule has 7 rings (SSSR count). The van der Waals surface area contributed by atoms with Crippen molar-refractivity contribution < 1.29 is 10.0 Å². The molecule has 282 valence electrons. The molecule has 0 unspecified atom stereocenters. The van der Waals surface area contributed by atoms with Crippen LogP contribution < -0.4 is 26.6 Å². The fourth-order valence-electron chi connectivity index (χ4n) is 6.14. The average molecular weight is 739 g/mol. The molecule has 0 saturated heterocycles. The van der Waals surface area contributed by atoms with Gasteiger partial charge in [-0.05, 0) is 53.5 Å².